The zero-order valence-electron chi connectivity index (χ0n) is 13.4. The molecule has 0 aromatic carbocycles. The fraction of sp³-hybridized carbons (Fsp3) is 0.667. The van der Waals surface area contributed by atoms with Gasteiger partial charge in [-0.05, 0) is 38.6 Å². The van der Waals surface area contributed by atoms with Crippen LogP contribution in [0.4, 0.5) is 0 Å². The Morgan fingerprint density at radius 2 is 2.05 bits per heavy atom. The second-order valence-corrected chi connectivity index (χ2v) is 7.76. The number of rotatable bonds is 7. The first-order chi connectivity index (χ1) is 10.5. The molecule has 7 heteroatoms. The molecule has 1 saturated heterocycles. The molecule has 0 aliphatic carbocycles. The first-order valence-corrected chi connectivity index (χ1v) is 9.44. The van der Waals surface area contributed by atoms with Gasteiger partial charge in [-0.25, -0.2) is 13.1 Å². The van der Waals surface area contributed by atoms with E-state index in [4.69, 9.17) is 0 Å². The van der Waals surface area contributed by atoms with Crippen LogP contribution in [-0.4, -0.2) is 68.7 Å². The van der Waals surface area contributed by atoms with Crippen LogP contribution in [0, 0.1) is 0 Å². The van der Waals surface area contributed by atoms with Gasteiger partial charge in [0, 0.05) is 44.6 Å². The third kappa shape index (κ3) is 5.01. The van der Waals surface area contributed by atoms with Gasteiger partial charge in [-0.15, -0.1) is 0 Å². The van der Waals surface area contributed by atoms with Crippen molar-refractivity contribution in [3.05, 3.63) is 30.1 Å². The van der Waals surface area contributed by atoms with Crippen molar-refractivity contribution in [1.82, 2.24) is 19.5 Å². The molecule has 0 bridgehead atoms. The predicted octanol–water partition coefficient (Wildman–Crippen LogP) is 0.700. The van der Waals surface area contributed by atoms with E-state index < -0.39 is 10.0 Å². The molecule has 0 saturated carbocycles. The van der Waals surface area contributed by atoms with Gasteiger partial charge in [-0.3, -0.25) is 9.88 Å². The maximum absolute atomic E-state index is 11.4. The molecule has 0 spiro atoms. The van der Waals surface area contributed by atoms with Crippen molar-refractivity contribution >= 4 is 10.0 Å². The van der Waals surface area contributed by atoms with Gasteiger partial charge < -0.3 is 4.90 Å². The van der Waals surface area contributed by atoms with Crippen molar-refractivity contribution in [3.8, 4) is 0 Å². The zero-order valence-corrected chi connectivity index (χ0v) is 14.2. The molecule has 1 fully saturated rings. The number of nitrogens with zero attached hydrogens (tertiary/aromatic N) is 3. The SMILES string of the molecule is CNS(=O)(=O)CCCN1CCN([C@@H](C)c2cccnc2)CC1. The summed E-state index contributed by atoms with van der Waals surface area (Å²) in [5, 5.41) is 0. The quantitative estimate of drug-likeness (QED) is 0.799. The van der Waals surface area contributed by atoms with Gasteiger partial charge in [0.05, 0.1) is 5.75 Å². The second-order valence-electron chi connectivity index (χ2n) is 5.72. The minimum atomic E-state index is -3.07. The lowest BCUT2D eigenvalue weighted by molar-refractivity contribution is 0.102. The maximum atomic E-state index is 11.4. The third-order valence-corrected chi connectivity index (χ3v) is 5.77. The summed E-state index contributed by atoms with van der Waals surface area (Å²) >= 11 is 0. The molecule has 1 aromatic heterocycles. The van der Waals surface area contributed by atoms with E-state index in [-0.39, 0.29) is 5.75 Å². The van der Waals surface area contributed by atoms with Crippen LogP contribution < -0.4 is 4.72 Å². The van der Waals surface area contributed by atoms with Crippen LogP contribution in [0.15, 0.2) is 24.5 Å². The van der Waals surface area contributed by atoms with Crippen LogP contribution in [0.2, 0.25) is 0 Å². The Morgan fingerprint density at radius 3 is 2.64 bits per heavy atom. The second kappa shape index (κ2) is 8.01. The molecule has 1 aromatic rings. The standard InChI is InChI=1S/C15H26N4O2S/c1-14(15-5-3-6-17-13-15)19-10-8-18(9-11-19)7-4-12-22(20,21)16-2/h3,5-6,13-14,16H,4,7-12H2,1-2H3/t14-/m0/s1. The molecule has 124 valence electrons. The summed E-state index contributed by atoms with van der Waals surface area (Å²) in [5.41, 5.74) is 1.25. The van der Waals surface area contributed by atoms with Gasteiger partial charge in [0.15, 0.2) is 0 Å². The molecular weight excluding hydrogens is 300 g/mol. The number of hydrogen-bond acceptors (Lipinski definition) is 5. The molecule has 0 amide bonds. The average molecular weight is 326 g/mol. The van der Waals surface area contributed by atoms with Gasteiger partial charge in [0.2, 0.25) is 10.0 Å². The molecule has 0 unspecified atom stereocenters. The van der Waals surface area contributed by atoms with Crippen LogP contribution in [0.3, 0.4) is 0 Å². The van der Waals surface area contributed by atoms with E-state index in [1.54, 1.807) is 6.20 Å². The topological polar surface area (TPSA) is 65.5 Å². The van der Waals surface area contributed by atoms with Crippen LogP contribution in [-0.2, 0) is 10.0 Å². The molecule has 0 radical (unpaired) electrons. The highest BCUT2D eigenvalue weighted by Gasteiger charge is 2.22. The number of pyridine rings is 1. The summed E-state index contributed by atoms with van der Waals surface area (Å²) in [6.07, 6.45) is 4.41. The molecule has 1 aliphatic heterocycles. The Bertz CT molecular complexity index is 542. The largest absolute Gasteiger partial charge is 0.301 e. The van der Waals surface area contributed by atoms with E-state index in [2.05, 4.69) is 32.5 Å². The van der Waals surface area contributed by atoms with Gasteiger partial charge in [0.25, 0.3) is 0 Å². The summed E-state index contributed by atoms with van der Waals surface area (Å²) in [6.45, 7) is 7.06. The van der Waals surface area contributed by atoms with E-state index in [1.807, 2.05) is 12.3 Å². The Balaban J connectivity index is 1.74. The van der Waals surface area contributed by atoms with E-state index in [9.17, 15) is 8.42 Å². The van der Waals surface area contributed by atoms with E-state index >= 15 is 0 Å². The Hall–Kier alpha value is -1.02. The fourth-order valence-electron chi connectivity index (χ4n) is 2.79. The first kappa shape index (κ1) is 17.3. The third-order valence-electron chi connectivity index (χ3n) is 4.32. The van der Waals surface area contributed by atoms with E-state index in [1.165, 1.54) is 12.6 Å². The summed E-state index contributed by atoms with van der Waals surface area (Å²) in [5.74, 6) is 0.204. The number of piperazine rings is 1. The minimum Gasteiger partial charge on any atom is -0.301 e. The Morgan fingerprint density at radius 1 is 1.32 bits per heavy atom. The van der Waals surface area contributed by atoms with Crippen LogP contribution in [0.25, 0.3) is 0 Å². The summed E-state index contributed by atoms with van der Waals surface area (Å²) in [7, 11) is -1.61. The van der Waals surface area contributed by atoms with Crippen molar-refractivity contribution in [2.75, 3.05) is 45.5 Å². The normalized spacial score (nSPS) is 19.2. The van der Waals surface area contributed by atoms with Gasteiger partial charge in [0.1, 0.15) is 0 Å². The van der Waals surface area contributed by atoms with Crippen LogP contribution >= 0.6 is 0 Å². The van der Waals surface area contributed by atoms with E-state index in [0.717, 1.165) is 32.7 Å². The predicted molar refractivity (Wildman–Crippen MR) is 88.1 cm³/mol. The van der Waals surface area contributed by atoms with Gasteiger partial charge in [-0.2, -0.15) is 0 Å². The number of nitrogens with one attached hydrogen (secondary N) is 1. The van der Waals surface area contributed by atoms with Crippen LogP contribution in [0.1, 0.15) is 24.9 Å². The van der Waals surface area contributed by atoms with Crippen molar-refractivity contribution in [3.63, 3.8) is 0 Å². The molecule has 1 N–H and O–H groups in total. The summed E-state index contributed by atoms with van der Waals surface area (Å²) in [6, 6.07) is 4.47. The smallest absolute Gasteiger partial charge is 0.211 e. The Kier molecular flexibility index (Phi) is 6.31. The lowest BCUT2D eigenvalue weighted by atomic mass is 10.1. The zero-order chi connectivity index (χ0) is 16.0. The Labute approximate surface area is 133 Å². The molecule has 2 heterocycles. The van der Waals surface area contributed by atoms with Crippen molar-refractivity contribution in [2.24, 2.45) is 0 Å². The number of hydrogen-bond donors (Lipinski definition) is 1. The maximum Gasteiger partial charge on any atom is 0.211 e. The van der Waals surface area contributed by atoms with Crippen molar-refractivity contribution in [1.29, 1.82) is 0 Å². The fourth-order valence-corrected chi connectivity index (χ4v) is 3.50. The molecule has 22 heavy (non-hydrogen) atoms. The summed E-state index contributed by atoms with van der Waals surface area (Å²) < 4.78 is 25.1. The summed E-state index contributed by atoms with van der Waals surface area (Å²) in [4.78, 5) is 8.99. The molecular formula is C15H26N4O2S. The van der Waals surface area contributed by atoms with Gasteiger partial charge >= 0.3 is 0 Å². The van der Waals surface area contributed by atoms with E-state index in [0.29, 0.717) is 12.5 Å². The lowest BCUT2D eigenvalue weighted by Crippen LogP contribution is -2.47. The lowest BCUT2D eigenvalue weighted by Gasteiger charge is -2.38. The molecule has 1 aliphatic rings. The molecule has 2 rings (SSSR count). The van der Waals surface area contributed by atoms with Crippen molar-refractivity contribution in [2.45, 2.75) is 19.4 Å². The highest BCUT2D eigenvalue weighted by Crippen LogP contribution is 2.20. The highest BCUT2D eigenvalue weighted by molar-refractivity contribution is 7.89. The first-order valence-electron chi connectivity index (χ1n) is 7.79. The number of aromatic nitrogens is 1. The van der Waals surface area contributed by atoms with Crippen LogP contribution in [0.5, 0.6) is 0 Å². The molecule has 1 atom stereocenters. The monoisotopic (exact) mass is 326 g/mol. The average Bonchev–Trinajstić information content (AvgIpc) is 2.55. The van der Waals surface area contributed by atoms with Crippen molar-refractivity contribution < 1.29 is 8.42 Å². The molecule has 6 nitrogen and oxygen atoms in total. The van der Waals surface area contributed by atoms with Gasteiger partial charge in [-0.1, -0.05) is 6.07 Å². The number of sulfonamides is 1. The minimum absolute atomic E-state index is 0.204. The highest BCUT2D eigenvalue weighted by atomic mass is 32.2.